The molecule has 0 aliphatic heterocycles. The molecule has 7 heteroatoms. The molecule has 0 fully saturated rings. The molecule has 1 aromatic carbocycles. The standard InChI is InChI=1S/C14H17NO6/c1-3-20-13(17)8-7-11(16)9-21-12-6-4-5-10(2)14(12)15(18)19/h4-6H,3,7-9H2,1-2H3. The molecule has 114 valence electrons. The van der Waals surface area contributed by atoms with Crippen LogP contribution in [0.2, 0.25) is 0 Å². The lowest BCUT2D eigenvalue weighted by molar-refractivity contribution is -0.386. The van der Waals surface area contributed by atoms with Crippen molar-refractivity contribution in [3.63, 3.8) is 0 Å². The summed E-state index contributed by atoms with van der Waals surface area (Å²) in [5, 5.41) is 11.0. The normalized spacial score (nSPS) is 10.0. The van der Waals surface area contributed by atoms with Gasteiger partial charge in [-0.1, -0.05) is 12.1 Å². The molecule has 0 N–H and O–H groups in total. The molecule has 0 aliphatic carbocycles. The average molecular weight is 295 g/mol. The summed E-state index contributed by atoms with van der Waals surface area (Å²) in [6.07, 6.45) is -0.0373. The molecule has 0 aliphatic rings. The number of benzene rings is 1. The number of nitro benzene ring substituents is 1. The van der Waals surface area contributed by atoms with E-state index < -0.39 is 10.9 Å². The van der Waals surface area contributed by atoms with Gasteiger partial charge in [0.15, 0.2) is 11.5 Å². The number of esters is 1. The van der Waals surface area contributed by atoms with Gasteiger partial charge >= 0.3 is 11.7 Å². The van der Waals surface area contributed by atoms with E-state index in [0.717, 1.165) is 0 Å². The van der Waals surface area contributed by atoms with Gasteiger partial charge in [-0.25, -0.2) is 0 Å². The highest BCUT2D eigenvalue weighted by molar-refractivity contribution is 5.84. The van der Waals surface area contributed by atoms with Gasteiger partial charge in [0.05, 0.1) is 18.0 Å². The second-order valence-electron chi connectivity index (χ2n) is 4.31. The Morgan fingerprint density at radius 3 is 2.62 bits per heavy atom. The number of para-hydroxylation sites is 1. The van der Waals surface area contributed by atoms with Crippen molar-refractivity contribution >= 4 is 17.4 Å². The maximum atomic E-state index is 11.6. The highest BCUT2D eigenvalue weighted by atomic mass is 16.6. The van der Waals surface area contributed by atoms with Gasteiger partial charge in [0.25, 0.3) is 0 Å². The van der Waals surface area contributed by atoms with E-state index >= 15 is 0 Å². The maximum Gasteiger partial charge on any atom is 0.313 e. The molecule has 1 aromatic rings. The Bertz CT molecular complexity index is 540. The van der Waals surface area contributed by atoms with Crippen molar-refractivity contribution < 1.29 is 24.0 Å². The second-order valence-corrected chi connectivity index (χ2v) is 4.31. The lowest BCUT2D eigenvalue weighted by Crippen LogP contribution is -2.14. The summed E-state index contributed by atoms with van der Waals surface area (Å²) in [6, 6.07) is 4.64. The zero-order valence-corrected chi connectivity index (χ0v) is 12.0. The minimum Gasteiger partial charge on any atom is -0.479 e. The van der Waals surface area contributed by atoms with Crippen LogP contribution in [0, 0.1) is 17.0 Å². The lowest BCUT2D eigenvalue weighted by Gasteiger charge is -2.07. The Morgan fingerprint density at radius 2 is 2.00 bits per heavy atom. The molecule has 0 atom stereocenters. The number of aryl methyl sites for hydroxylation is 1. The number of Topliss-reactive ketones (excluding diaryl/α,β-unsaturated/α-hetero) is 1. The van der Waals surface area contributed by atoms with Gasteiger partial charge in [-0.15, -0.1) is 0 Å². The summed E-state index contributed by atoms with van der Waals surface area (Å²) in [6.45, 7) is 3.22. The third-order valence-electron chi connectivity index (χ3n) is 2.69. The number of carbonyl (C=O) groups is 2. The van der Waals surface area contributed by atoms with Gasteiger partial charge < -0.3 is 9.47 Å². The molecular weight excluding hydrogens is 278 g/mol. The molecule has 0 amide bonds. The van der Waals surface area contributed by atoms with Crippen molar-refractivity contribution in [3.8, 4) is 5.75 Å². The molecular formula is C14H17NO6. The fourth-order valence-corrected chi connectivity index (χ4v) is 1.69. The first-order chi connectivity index (χ1) is 9.95. The van der Waals surface area contributed by atoms with Gasteiger partial charge in [-0.2, -0.15) is 0 Å². The van der Waals surface area contributed by atoms with E-state index in [1.54, 1.807) is 26.0 Å². The Balaban J connectivity index is 2.56. The van der Waals surface area contributed by atoms with Gasteiger partial charge in [-0.3, -0.25) is 19.7 Å². The molecule has 0 saturated heterocycles. The summed E-state index contributed by atoms with van der Waals surface area (Å²) < 4.78 is 9.89. The van der Waals surface area contributed by atoms with Crippen molar-refractivity contribution in [2.45, 2.75) is 26.7 Å². The summed E-state index contributed by atoms with van der Waals surface area (Å²) >= 11 is 0. The van der Waals surface area contributed by atoms with Crippen molar-refractivity contribution in [1.29, 1.82) is 0 Å². The van der Waals surface area contributed by atoms with E-state index in [9.17, 15) is 19.7 Å². The second kappa shape index (κ2) is 7.98. The largest absolute Gasteiger partial charge is 0.479 e. The fourth-order valence-electron chi connectivity index (χ4n) is 1.69. The molecule has 21 heavy (non-hydrogen) atoms. The van der Waals surface area contributed by atoms with Crippen LogP contribution < -0.4 is 4.74 Å². The van der Waals surface area contributed by atoms with E-state index in [1.165, 1.54) is 6.07 Å². The monoisotopic (exact) mass is 295 g/mol. The van der Waals surface area contributed by atoms with Gasteiger partial charge in [-0.05, 0) is 19.9 Å². The van der Waals surface area contributed by atoms with Crippen LogP contribution in [0.15, 0.2) is 18.2 Å². The smallest absolute Gasteiger partial charge is 0.313 e. The Morgan fingerprint density at radius 1 is 1.29 bits per heavy atom. The first-order valence-corrected chi connectivity index (χ1v) is 6.49. The van der Waals surface area contributed by atoms with Gasteiger partial charge in [0.2, 0.25) is 0 Å². The van der Waals surface area contributed by atoms with E-state index in [1.807, 2.05) is 0 Å². The number of hydrogen-bond donors (Lipinski definition) is 0. The number of ketones is 1. The average Bonchev–Trinajstić information content (AvgIpc) is 2.42. The quantitative estimate of drug-likeness (QED) is 0.414. The van der Waals surface area contributed by atoms with Crippen LogP contribution in [-0.2, 0) is 14.3 Å². The first kappa shape index (κ1) is 16.6. The molecule has 0 bridgehead atoms. The number of rotatable bonds is 8. The topological polar surface area (TPSA) is 95.7 Å². The summed E-state index contributed by atoms with van der Waals surface area (Å²) in [5.41, 5.74) is 0.298. The third-order valence-corrected chi connectivity index (χ3v) is 2.69. The van der Waals surface area contributed by atoms with Crippen LogP contribution in [0.5, 0.6) is 5.75 Å². The highest BCUT2D eigenvalue weighted by Crippen LogP contribution is 2.30. The third kappa shape index (κ3) is 5.21. The minimum absolute atomic E-state index is 0.0154. The van der Waals surface area contributed by atoms with E-state index in [4.69, 9.17) is 9.47 Å². The first-order valence-electron chi connectivity index (χ1n) is 6.49. The summed E-state index contributed by atoms with van der Waals surface area (Å²) in [4.78, 5) is 33.1. The summed E-state index contributed by atoms with van der Waals surface area (Å²) in [5.74, 6) is -0.726. The van der Waals surface area contributed by atoms with E-state index in [-0.39, 0.29) is 43.3 Å². The van der Waals surface area contributed by atoms with Crippen LogP contribution in [0.3, 0.4) is 0 Å². The maximum absolute atomic E-state index is 11.6. The lowest BCUT2D eigenvalue weighted by atomic mass is 10.2. The zero-order chi connectivity index (χ0) is 15.8. The van der Waals surface area contributed by atoms with Gasteiger partial charge in [0, 0.05) is 12.0 Å². The van der Waals surface area contributed by atoms with Crippen LogP contribution in [0.25, 0.3) is 0 Å². The molecule has 0 heterocycles. The zero-order valence-electron chi connectivity index (χ0n) is 12.0. The summed E-state index contributed by atoms with van der Waals surface area (Å²) in [7, 11) is 0. The van der Waals surface area contributed by atoms with Crippen molar-refractivity contribution in [2.24, 2.45) is 0 Å². The Labute approximate surface area is 122 Å². The Hall–Kier alpha value is -2.44. The number of nitro groups is 1. The number of carbonyl (C=O) groups excluding carboxylic acids is 2. The minimum atomic E-state index is -0.548. The molecule has 0 saturated carbocycles. The molecule has 7 nitrogen and oxygen atoms in total. The predicted molar refractivity (Wildman–Crippen MR) is 74.2 cm³/mol. The molecule has 0 aromatic heterocycles. The van der Waals surface area contributed by atoms with Crippen molar-refractivity contribution in [2.75, 3.05) is 13.2 Å². The highest BCUT2D eigenvalue weighted by Gasteiger charge is 2.19. The van der Waals surface area contributed by atoms with Gasteiger partial charge in [0.1, 0.15) is 6.61 Å². The molecule has 0 radical (unpaired) electrons. The SMILES string of the molecule is CCOC(=O)CCC(=O)COc1cccc(C)c1[N+](=O)[O-]. The van der Waals surface area contributed by atoms with Crippen LogP contribution >= 0.6 is 0 Å². The van der Waals surface area contributed by atoms with Crippen molar-refractivity contribution in [1.82, 2.24) is 0 Å². The van der Waals surface area contributed by atoms with E-state index in [0.29, 0.717) is 5.56 Å². The number of nitrogens with zero attached hydrogens (tertiary/aromatic N) is 1. The van der Waals surface area contributed by atoms with Crippen molar-refractivity contribution in [3.05, 3.63) is 33.9 Å². The molecule has 1 rings (SSSR count). The van der Waals surface area contributed by atoms with Crippen LogP contribution in [0.4, 0.5) is 5.69 Å². The van der Waals surface area contributed by atoms with Crippen LogP contribution in [0.1, 0.15) is 25.3 Å². The number of hydrogen-bond acceptors (Lipinski definition) is 6. The Kier molecular flexibility index (Phi) is 6.32. The fraction of sp³-hybridized carbons (Fsp3) is 0.429. The van der Waals surface area contributed by atoms with E-state index in [2.05, 4.69) is 0 Å². The molecule has 0 unspecified atom stereocenters. The number of ether oxygens (including phenoxy) is 2. The van der Waals surface area contributed by atoms with Crippen LogP contribution in [-0.4, -0.2) is 29.9 Å². The predicted octanol–water partition coefficient (Wildman–Crippen LogP) is 2.19. The molecule has 0 spiro atoms.